The van der Waals surface area contributed by atoms with Gasteiger partial charge in [-0.25, -0.2) is 22.1 Å². The fraction of sp³-hybridized carbons (Fsp3) is 0.148. The molecule has 15 heteroatoms. The van der Waals surface area contributed by atoms with Gasteiger partial charge in [0.05, 0.1) is 27.4 Å². The Morgan fingerprint density at radius 1 is 1.00 bits per heavy atom. The van der Waals surface area contributed by atoms with Crippen molar-refractivity contribution in [2.75, 3.05) is 25.2 Å². The standard InChI is InChI=1S/C27H24FN7O4S3/c1-34(2)42(38,39)20-13-7-17(8-14-20)25(37)29-15-23-32-33-27(35(23)19-11-9-18(28)10-12-19)40-16-24(36)31-26-30-21-5-3-4-6-22(21)41-26/h3-14H,15-16H2,1-2H3,(H,29,37)(H,30,31,36). The van der Waals surface area contributed by atoms with Crippen molar-refractivity contribution in [3.63, 3.8) is 0 Å². The first-order valence-electron chi connectivity index (χ1n) is 12.4. The predicted molar refractivity (Wildman–Crippen MR) is 159 cm³/mol. The molecule has 5 aromatic rings. The number of nitrogens with zero attached hydrogens (tertiary/aromatic N) is 5. The van der Waals surface area contributed by atoms with Crippen LogP contribution in [0.15, 0.2) is 82.8 Å². The normalized spacial score (nSPS) is 11.6. The molecule has 0 fully saturated rings. The van der Waals surface area contributed by atoms with Gasteiger partial charge in [0.1, 0.15) is 5.82 Å². The number of amides is 2. The van der Waals surface area contributed by atoms with Gasteiger partial charge in [-0.05, 0) is 60.7 Å². The van der Waals surface area contributed by atoms with E-state index in [-0.39, 0.29) is 28.7 Å². The minimum absolute atomic E-state index is 0.00379. The van der Waals surface area contributed by atoms with Crippen LogP contribution in [0.5, 0.6) is 0 Å². The van der Waals surface area contributed by atoms with Crippen LogP contribution in [-0.4, -0.2) is 64.1 Å². The number of aromatic nitrogens is 4. The number of rotatable bonds is 10. The summed E-state index contributed by atoms with van der Waals surface area (Å²) >= 11 is 2.49. The summed E-state index contributed by atoms with van der Waals surface area (Å²) in [5.41, 5.74) is 1.59. The Morgan fingerprint density at radius 2 is 1.71 bits per heavy atom. The van der Waals surface area contributed by atoms with Crippen molar-refractivity contribution < 1.29 is 22.4 Å². The molecule has 2 N–H and O–H groups in total. The average Bonchev–Trinajstić information content (AvgIpc) is 3.58. The number of benzene rings is 3. The van der Waals surface area contributed by atoms with Crippen molar-refractivity contribution in [3.05, 3.63) is 90.0 Å². The van der Waals surface area contributed by atoms with E-state index in [0.717, 1.165) is 26.3 Å². The minimum atomic E-state index is -3.63. The van der Waals surface area contributed by atoms with Crippen LogP contribution in [0.25, 0.3) is 15.9 Å². The zero-order valence-corrected chi connectivity index (χ0v) is 24.8. The highest BCUT2D eigenvalue weighted by Crippen LogP contribution is 2.27. The first-order chi connectivity index (χ1) is 20.1. The summed E-state index contributed by atoms with van der Waals surface area (Å²) < 4.78 is 41.9. The van der Waals surface area contributed by atoms with Gasteiger partial charge >= 0.3 is 0 Å². The Morgan fingerprint density at radius 3 is 2.40 bits per heavy atom. The molecule has 42 heavy (non-hydrogen) atoms. The maximum atomic E-state index is 13.7. The zero-order chi connectivity index (χ0) is 29.9. The Hall–Kier alpha value is -4.18. The zero-order valence-electron chi connectivity index (χ0n) is 22.3. The second-order valence-corrected chi connectivity index (χ2v) is 13.2. The molecule has 2 aromatic heterocycles. The van der Waals surface area contributed by atoms with Gasteiger partial charge in [-0.2, -0.15) is 0 Å². The van der Waals surface area contributed by atoms with Gasteiger partial charge in [0.15, 0.2) is 16.1 Å². The smallest absolute Gasteiger partial charge is 0.251 e. The minimum Gasteiger partial charge on any atom is -0.345 e. The Bertz CT molecular complexity index is 1820. The summed E-state index contributed by atoms with van der Waals surface area (Å²) in [7, 11) is -0.777. The van der Waals surface area contributed by atoms with Crippen molar-refractivity contribution in [1.29, 1.82) is 0 Å². The number of sulfonamides is 1. The number of hydrogen-bond acceptors (Lipinski definition) is 9. The van der Waals surface area contributed by atoms with Crippen LogP contribution >= 0.6 is 23.1 Å². The molecule has 0 radical (unpaired) electrons. The molecule has 0 spiro atoms. The summed E-state index contributed by atoms with van der Waals surface area (Å²) in [6.07, 6.45) is 0. The van der Waals surface area contributed by atoms with Crippen LogP contribution < -0.4 is 10.6 Å². The average molecular weight is 626 g/mol. The molecule has 0 bridgehead atoms. The molecule has 0 saturated heterocycles. The number of hydrogen-bond donors (Lipinski definition) is 2. The Kier molecular flexibility index (Phi) is 8.63. The highest BCUT2D eigenvalue weighted by Gasteiger charge is 2.20. The van der Waals surface area contributed by atoms with E-state index in [1.807, 2.05) is 24.3 Å². The van der Waals surface area contributed by atoms with Crippen molar-refractivity contribution in [1.82, 2.24) is 29.4 Å². The molecule has 2 heterocycles. The second-order valence-electron chi connectivity index (χ2n) is 9.03. The van der Waals surface area contributed by atoms with Crippen molar-refractivity contribution in [2.24, 2.45) is 0 Å². The maximum Gasteiger partial charge on any atom is 0.251 e. The summed E-state index contributed by atoms with van der Waals surface area (Å²) in [5.74, 6) is -0.824. The lowest BCUT2D eigenvalue weighted by atomic mass is 10.2. The van der Waals surface area contributed by atoms with E-state index < -0.39 is 21.7 Å². The first-order valence-corrected chi connectivity index (χ1v) is 15.7. The van der Waals surface area contributed by atoms with E-state index in [0.29, 0.717) is 21.8 Å². The third-order valence-electron chi connectivity index (χ3n) is 5.96. The van der Waals surface area contributed by atoms with Gasteiger partial charge in [0, 0.05) is 25.3 Å². The molecule has 11 nitrogen and oxygen atoms in total. The molecular formula is C27H24FN7O4S3. The van der Waals surface area contributed by atoms with Crippen molar-refractivity contribution in [2.45, 2.75) is 16.6 Å². The van der Waals surface area contributed by atoms with E-state index in [1.54, 1.807) is 16.7 Å². The van der Waals surface area contributed by atoms with Crippen LogP contribution in [0.2, 0.25) is 0 Å². The van der Waals surface area contributed by atoms with Crippen LogP contribution in [0, 0.1) is 5.82 Å². The quantitative estimate of drug-likeness (QED) is 0.223. The lowest BCUT2D eigenvalue weighted by molar-refractivity contribution is -0.113. The van der Waals surface area contributed by atoms with Crippen LogP contribution in [0.1, 0.15) is 16.2 Å². The fourth-order valence-corrected chi connectivity index (χ4v) is 6.37. The molecule has 5 rings (SSSR count). The Balaban J connectivity index is 1.29. The Labute approximate surface area is 248 Å². The molecule has 0 aliphatic heterocycles. The molecule has 0 atom stereocenters. The molecule has 3 aromatic carbocycles. The largest absolute Gasteiger partial charge is 0.345 e. The fourth-order valence-electron chi connectivity index (χ4n) is 3.82. The number of halogens is 1. The first kappa shape index (κ1) is 29.3. The summed E-state index contributed by atoms with van der Waals surface area (Å²) in [5, 5.41) is 14.8. The van der Waals surface area contributed by atoms with Gasteiger partial charge in [0.25, 0.3) is 5.91 Å². The summed E-state index contributed by atoms with van der Waals surface area (Å²) in [4.78, 5) is 30.0. The van der Waals surface area contributed by atoms with Gasteiger partial charge in [-0.1, -0.05) is 35.2 Å². The van der Waals surface area contributed by atoms with Crippen LogP contribution in [-0.2, 0) is 21.4 Å². The number of fused-ring (bicyclic) bond motifs is 1. The van der Waals surface area contributed by atoms with Crippen molar-refractivity contribution in [3.8, 4) is 5.69 Å². The lowest BCUT2D eigenvalue weighted by Gasteiger charge is -2.12. The highest BCUT2D eigenvalue weighted by molar-refractivity contribution is 7.99. The molecule has 0 saturated carbocycles. The number of thiazole rings is 1. The van der Waals surface area contributed by atoms with Crippen molar-refractivity contribution >= 4 is 60.3 Å². The van der Waals surface area contributed by atoms with Gasteiger partial charge < -0.3 is 10.6 Å². The van der Waals surface area contributed by atoms with Gasteiger partial charge in [-0.15, -0.1) is 10.2 Å². The number of carbonyl (C=O) groups excluding carboxylic acids is 2. The lowest BCUT2D eigenvalue weighted by Crippen LogP contribution is -2.25. The molecule has 2 amide bonds. The maximum absolute atomic E-state index is 13.7. The van der Waals surface area contributed by atoms with Crippen LogP contribution in [0.4, 0.5) is 9.52 Å². The van der Waals surface area contributed by atoms with E-state index >= 15 is 0 Å². The number of anilines is 1. The third kappa shape index (κ3) is 6.49. The molecule has 0 aliphatic rings. The molecular weight excluding hydrogens is 602 g/mol. The third-order valence-corrected chi connectivity index (χ3v) is 9.67. The number of para-hydroxylation sites is 1. The number of thioether (sulfide) groups is 1. The van der Waals surface area contributed by atoms with Gasteiger partial charge in [-0.3, -0.25) is 14.2 Å². The summed E-state index contributed by atoms with van der Waals surface area (Å²) in [6.45, 7) is -0.0422. The topological polar surface area (TPSA) is 139 Å². The van der Waals surface area contributed by atoms with E-state index in [2.05, 4.69) is 25.8 Å². The molecule has 0 aliphatic carbocycles. The molecule has 0 unspecified atom stereocenters. The van der Waals surface area contributed by atoms with E-state index in [9.17, 15) is 22.4 Å². The predicted octanol–water partition coefficient (Wildman–Crippen LogP) is 3.93. The summed E-state index contributed by atoms with van der Waals surface area (Å²) in [6, 6.07) is 18.8. The second kappa shape index (κ2) is 12.4. The van der Waals surface area contributed by atoms with Gasteiger partial charge in [0.2, 0.25) is 15.9 Å². The number of carbonyl (C=O) groups is 2. The monoisotopic (exact) mass is 625 g/mol. The van der Waals surface area contributed by atoms with E-state index in [4.69, 9.17) is 0 Å². The van der Waals surface area contributed by atoms with Crippen LogP contribution in [0.3, 0.4) is 0 Å². The molecule has 216 valence electrons. The van der Waals surface area contributed by atoms with E-state index in [1.165, 1.54) is 61.8 Å². The SMILES string of the molecule is CN(C)S(=O)(=O)c1ccc(C(=O)NCc2nnc(SCC(=O)Nc3nc4ccccc4s3)n2-c2ccc(F)cc2)cc1. The highest BCUT2D eigenvalue weighted by atomic mass is 32.2. The number of nitrogens with one attached hydrogen (secondary N) is 2.